The van der Waals surface area contributed by atoms with Crippen LogP contribution in [0.3, 0.4) is 0 Å². The molecule has 0 aliphatic heterocycles. The van der Waals surface area contributed by atoms with Crippen LogP contribution in [0, 0.1) is 18.3 Å². The van der Waals surface area contributed by atoms with Gasteiger partial charge in [0.2, 0.25) is 5.78 Å². The molecule has 1 aromatic heterocycles. The fourth-order valence-electron chi connectivity index (χ4n) is 1.98. The quantitative estimate of drug-likeness (QED) is 0.795. The molecule has 20 heavy (non-hydrogen) atoms. The van der Waals surface area contributed by atoms with Crippen LogP contribution in [-0.4, -0.2) is 10.8 Å². The van der Waals surface area contributed by atoms with Crippen molar-refractivity contribution in [2.75, 3.05) is 0 Å². The van der Waals surface area contributed by atoms with Crippen molar-refractivity contribution in [1.82, 2.24) is 4.98 Å². The van der Waals surface area contributed by atoms with E-state index in [1.54, 1.807) is 5.38 Å². The van der Waals surface area contributed by atoms with Crippen molar-refractivity contribution >= 4 is 17.1 Å². The number of hydrogen-bond acceptors (Lipinski definition) is 4. The van der Waals surface area contributed by atoms with Crippen LogP contribution in [0.1, 0.15) is 52.3 Å². The number of benzene rings is 1. The molecular formula is C16H16N2OS. The second-order valence-corrected chi connectivity index (χ2v) is 6.06. The van der Waals surface area contributed by atoms with Crippen molar-refractivity contribution in [1.29, 1.82) is 5.26 Å². The number of hydrogen-bond donors (Lipinski definition) is 0. The summed E-state index contributed by atoms with van der Waals surface area (Å²) in [6, 6.07) is 9.76. The molecule has 0 spiro atoms. The van der Waals surface area contributed by atoms with Crippen molar-refractivity contribution in [2.24, 2.45) is 0 Å². The molecule has 0 bridgehead atoms. The molecule has 1 aromatic carbocycles. The first kappa shape index (κ1) is 14.4. The van der Waals surface area contributed by atoms with Crippen LogP contribution in [0.25, 0.3) is 0 Å². The number of aryl methyl sites for hydroxylation is 1. The van der Waals surface area contributed by atoms with Crippen LogP contribution in [-0.2, 0) is 0 Å². The van der Waals surface area contributed by atoms with Gasteiger partial charge in [0, 0.05) is 5.38 Å². The second kappa shape index (κ2) is 5.98. The summed E-state index contributed by atoms with van der Waals surface area (Å²) in [4.78, 5) is 16.5. The number of carbonyl (C=O) groups excluding carboxylic acids is 1. The summed E-state index contributed by atoms with van der Waals surface area (Å²) in [5, 5.41) is 11.8. The van der Waals surface area contributed by atoms with Crippen LogP contribution in [0.2, 0.25) is 0 Å². The number of thiazole rings is 1. The van der Waals surface area contributed by atoms with E-state index >= 15 is 0 Å². The van der Waals surface area contributed by atoms with Crippen LogP contribution in [0.4, 0.5) is 0 Å². The molecule has 3 nitrogen and oxygen atoms in total. The van der Waals surface area contributed by atoms with Crippen molar-refractivity contribution < 1.29 is 4.79 Å². The zero-order valence-corrected chi connectivity index (χ0v) is 12.6. The minimum absolute atomic E-state index is 0.228. The molecule has 1 atom stereocenters. The van der Waals surface area contributed by atoms with Gasteiger partial charge in [-0.15, -0.1) is 11.3 Å². The van der Waals surface area contributed by atoms with Crippen LogP contribution in [0.5, 0.6) is 0 Å². The number of aromatic nitrogens is 1. The molecule has 1 heterocycles. The van der Waals surface area contributed by atoms with Gasteiger partial charge in [0.1, 0.15) is 11.6 Å². The van der Waals surface area contributed by atoms with Gasteiger partial charge in [-0.05, 0) is 24.0 Å². The Kier molecular flexibility index (Phi) is 4.31. The van der Waals surface area contributed by atoms with E-state index in [1.165, 1.54) is 16.9 Å². The zero-order chi connectivity index (χ0) is 14.7. The highest BCUT2D eigenvalue weighted by atomic mass is 32.1. The topological polar surface area (TPSA) is 53.8 Å². The number of nitrogens with zero attached hydrogens (tertiary/aromatic N) is 2. The lowest BCUT2D eigenvalue weighted by atomic mass is 9.92. The Labute approximate surface area is 122 Å². The fraction of sp³-hybridized carbons (Fsp3) is 0.312. The predicted octanol–water partition coefficient (Wildman–Crippen LogP) is 4.07. The molecule has 2 rings (SSSR count). The number of ketones is 1. The molecular weight excluding hydrogens is 268 g/mol. The molecule has 0 saturated carbocycles. The van der Waals surface area contributed by atoms with E-state index in [-0.39, 0.29) is 5.78 Å². The van der Waals surface area contributed by atoms with Crippen LogP contribution < -0.4 is 0 Å². The normalized spacial score (nSPS) is 12.2. The van der Waals surface area contributed by atoms with Crippen molar-refractivity contribution in [3.05, 3.63) is 51.5 Å². The lowest BCUT2D eigenvalue weighted by molar-refractivity contribution is 0.0974. The minimum Gasteiger partial charge on any atom is -0.291 e. The van der Waals surface area contributed by atoms with Crippen molar-refractivity contribution in [2.45, 2.75) is 32.6 Å². The molecule has 0 radical (unpaired) electrons. The van der Waals surface area contributed by atoms with Gasteiger partial charge in [0.15, 0.2) is 0 Å². The summed E-state index contributed by atoms with van der Waals surface area (Å²) in [6.07, 6.45) is 0. The molecule has 102 valence electrons. The molecule has 1 unspecified atom stereocenters. The first-order chi connectivity index (χ1) is 9.52. The van der Waals surface area contributed by atoms with Gasteiger partial charge in [-0.2, -0.15) is 5.26 Å². The number of Topliss-reactive ketones (excluding diaryl/α,β-unsaturated/α-hetero) is 1. The monoisotopic (exact) mass is 284 g/mol. The number of carbonyl (C=O) groups is 1. The molecule has 4 heteroatoms. The summed E-state index contributed by atoms with van der Waals surface area (Å²) < 4.78 is 0. The van der Waals surface area contributed by atoms with Crippen LogP contribution >= 0.6 is 11.3 Å². The third-order valence-corrected chi connectivity index (χ3v) is 3.97. The summed E-state index contributed by atoms with van der Waals surface area (Å²) in [5.74, 6) is -0.576. The first-order valence-electron chi connectivity index (χ1n) is 6.48. The van der Waals surface area contributed by atoms with E-state index in [0.717, 1.165) is 10.6 Å². The standard InChI is InChI=1S/C16H16N2OS/c1-10(2)12-4-6-13(7-5-12)14(8-17)16(19)15-9-20-11(3)18-15/h4-7,9-10,14H,1-3H3. The van der Waals surface area contributed by atoms with Gasteiger partial charge in [-0.1, -0.05) is 38.1 Å². The number of nitriles is 1. The molecule has 0 aliphatic carbocycles. The average molecular weight is 284 g/mol. The van der Waals surface area contributed by atoms with E-state index in [0.29, 0.717) is 11.6 Å². The fourth-order valence-corrected chi connectivity index (χ4v) is 2.58. The molecule has 0 N–H and O–H groups in total. The SMILES string of the molecule is Cc1nc(C(=O)C(C#N)c2ccc(C(C)C)cc2)cs1. The predicted molar refractivity (Wildman–Crippen MR) is 80.1 cm³/mol. The summed E-state index contributed by atoms with van der Waals surface area (Å²) >= 11 is 1.42. The lowest BCUT2D eigenvalue weighted by Crippen LogP contribution is -2.11. The highest BCUT2D eigenvalue weighted by Gasteiger charge is 2.23. The maximum absolute atomic E-state index is 12.3. The van der Waals surface area contributed by atoms with Gasteiger partial charge < -0.3 is 0 Å². The maximum atomic E-state index is 12.3. The molecule has 2 aromatic rings. The van der Waals surface area contributed by atoms with Crippen molar-refractivity contribution in [3.63, 3.8) is 0 Å². The first-order valence-corrected chi connectivity index (χ1v) is 7.36. The van der Waals surface area contributed by atoms with Crippen LogP contribution in [0.15, 0.2) is 29.6 Å². The smallest absolute Gasteiger partial charge is 0.203 e. The third kappa shape index (κ3) is 2.94. The van der Waals surface area contributed by atoms with Gasteiger partial charge in [0.25, 0.3) is 0 Å². The third-order valence-electron chi connectivity index (χ3n) is 3.20. The molecule has 0 fully saturated rings. The summed E-state index contributed by atoms with van der Waals surface area (Å²) in [5.41, 5.74) is 2.31. The van der Waals surface area contributed by atoms with Crippen molar-refractivity contribution in [3.8, 4) is 6.07 Å². The largest absolute Gasteiger partial charge is 0.291 e. The Bertz CT molecular complexity index is 650. The molecule has 0 amide bonds. The Morgan fingerprint density at radius 3 is 2.30 bits per heavy atom. The van der Waals surface area contributed by atoms with Gasteiger partial charge in [-0.25, -0.2) is 4.98 Å². The van der Waals surface area contributed by atoms with E-state index in [2.05, 4.69) is 24.9 Å². The van der Waals surface area contributed by atoms with Gasteiger partial charge in [0.05, 0.1) is 11.1 Å². The Morgan fingerprint density at radius 2 is 1.85 bits per heavy atom. The van der Waals surface area contributed by atoms with E-state index in [4.69, 9.17) is 0 Å². The maximum Gasteiger partial charge on any atom is 0.203 e. The Morgan fingerprint density at radius 1 is 1.25 bits per heavy atom. The highest BCUT2D eigenvalue weighted by molar-refractivity contribution is 7.09. The van der Waals surface area contributed by atoms with E-state index in [1.807, 2.05) is 31.2 Å². The van der Waals surface area contributed by atoms with E-state index in [9.17, 15) is 10.1 Å². The molecule has 0 aliphatic rings. The second-order valence-electron chi connectivity index (χ2n) is 5.00. The lowest BCUT2D eigenvalue weighted by Gasteiger charge is -2.10. The van der Waals surface area contributed by atoms with Gasteiger partial charge >= 0.3 is 0 Å². The Hall–Kier alpha value is -1.99. The van der Waals surface area contributed by atoms with E-state index < -0.39 is 5.92 Å². The summed E-state index contributed by atoms with van der Waals surface area (Å²) in [7, 11) is 0. The van der Waals surface area contributed by atoms with Gasteiger partial charge in [-0.3, -0.25) is 4.79 Å². The number of rotatable bonds is 4. The molecule has 0 saturated heterocycles. The average Bonchev–Trinajstić information content (AvgIpc) is 2.86. The minimum atomic E-state index is -0.780. The Balaban J connectivity index is 2.28. The zero-order valence-electron chi connectivity index (χ0n) is 11.8. The highest BCUT2D eigenvalue weighted by Crippen LogP contribution is 2.23. The summed E-state index contributed by atoms with van der Waals surface area (Å²) in [6.45, 7) is 6.07.